The predicted octanol–water partition coefficient (Wildman–Crippen LogP) is 6.72. The molecule has 0 saturated heterocycles. The fourth-order valence-electron chi connectivity index (χ4n) is 1.63. The first-order chi connectivity index (χ1) is 10.4. The summed E-state index contributed by atoms with van der Waals surface area (Å²) in [5.74, 6) is 0.383. The smallest absolute Gasteiger partial charge is 0.152 e. The molecular formula is C15H10Cl4O2S. The Balaban J connectivity index is 2.46. The fourth-order valence-corrected chi connectivity index (χ4v) is 3.99. The number of aromatic hydroxyl groups is 1. The van der Waals surface area contributed by atoms with Gasteiger partial charge in [-0.25, -0.2) is 0 Å². The van der Waals surface area contributed by atoms with Crippen LogP contribution < -0.4 is 4.74 Å². The van der Waals surface area contributed by atoms with Crippen LogP contribution in [0.3, 0.4) is 0 Å². The Morgan fingerprint density at radius 1 is 1.00 bits per heavy atom. The topological polar surface area (TPSA) is 29.5 Å². The highest BCUT2D eigenvalue weighted by Gasteiger charge is 2.16. The summed E-state index contributed by atoms with van der Waals surface area (Å²) in [7, 11) is 0. The normalized spacial score (nSPS) is 10.5. The monoisotopic (exact) mass is 394 g/mol. The molecule has 0 aliphatic rings. The number of phenols is 1. The number of ether oxygens (including phenoxy) is 1. The Kier molecular flexibility index (Phi) is 6.18. The number of halogens is 4. The zero-order valence-electron chi connectivity index (χ0n) is 11.1. The van der Waals surface area contributed by atoms with Crippen molar-refractivity contribution in [3.8, 4) is 11.5 Å². The lowest BCUT2D eigenvalue weighted by molar-refractivity contribution is 0.355. The summed E-state index contributed by atoms with van der Waals surface area (Å²) in [6, 6.07) is 6.32. The van der Waals surface area contributed by atoms with Gasteiger partial charge in [-0.05, 0) is 24.3 Å². The molecule has 2 aromatic rings. The van der Waals surface area contributed by atoms with Gasteiger partial charge < -0.3 is 9.84 Å². The summed E-state index contributed by atoms with van der Waals surface area (Å²) in [4.78, 5) is 1.10. The van der Waals surface area contributed by atoms with Crippen LogP contribution in [0.25, 0.3) is 0 Å². The first-order valence-corrected chi connectivity index (χ1v) is 8.33. The Morgan fingerprint density at radius 3 is 2.23 bits per heavy atom. The zero-order valence-corrected chi connectivity index (χ0v) is 14.9. The van der Waals surface area contributed by atoms with Crippen molar-refractivity contribution in [1.29, 1.82) is 0 Å². The molecule has 0 radical (unpaired) electrons. The van der Waals surface area contributed by atoms with Gasteiger partial charge in [0.05, 0.1) is 19.8 Å². The van der Waals surface area contributed by atoms with Crippen molar-refractivity contribution >= 4 is 58.2 Å². The number of benzene rings is 2. The van der Waals surface area contributed by atoms with E-state index in [1.807, 2.05) is 0 Å². The quantitative estimate of drug-likeness (QED) is 0.569. The number of hydrogen-bond donors (Lipinski definition) is 1. The van der Waals surface area contributed by atoms with Gasteiger partial charge in [0.2, 0.25) is 0 Å². The Labute approximate surface area is 152 Å². The highest BCUT2D eigenvalue weighted by atomic mass is 35.5. The number of rotatable bonds is 5. The van der Waals surface area contributed by atoms with E-state index in [0.717, 1.165) is 0 Å². The van der Waals surface area contributed by atoms with Crippen molar-refractivity contribution in [1.82, 2.24) is 0 Å². The summed E-state index contributed by atoms with van der Waals surface area (Å²) in [6.45, 7) is 3.89. The standard InChI is InChI=1S/C15H10Cl4O2S/c1-2-3-21-15-11(19)5-9(17)7-13(15)22-12-6-8(16)4-10(18)14(12)20/h2,4-7,20H,1,3H2. The molecule has 0 heterocycles. The van der Waals surface area contributed by atoms with Gasteiger partial charge in [0.15, 0.2) is 5.75 Å². The first kappa shape index (κ1) is 17.6. The third-order valence-electron chi connectivity index (χ3n) is 2.53. The van der Waals surface area contributed by atoms with E-state index >= 15 is 0 Å². The number of phenolic OH excluding ortho intramolecular Hbond substituents is 1. The minimum Gasteiger partial charge on any atom is -0.505 e. The SMILES string of the molecule is C=CCOc1c(Cl)cc(Cl)cc1Sc1cc(Cl)cc(Cl)c1O. The van der Waals surface area contributed by atoms with Crippen LogP contribution in [0.2, 0.25) is 20.1 Å². The maximum Gasteiger partial charge on any atom is 0.152 e. The second kappa shape index (κ2) is 7.71. The number of hydrogen-bond acceptors (Lipinski definition) is 3. The molecule has 7 heteroatoms. The Morgan fingerprint density at radius 2 is 1.59 bits per heavy atom. The van der Waals surface area contributed by atoms with Gasteiger partial charge in [0.25, 0.3) is 0 Å². The lowest BCUT2D eigenvalue weighted by Crippen LogP contribution is -1.95. The molecule has 0 bridgehead atoms. The van der Waals surface area contributed by atoms with Gasteiger partial charge >= 0.3 is 0 Å². The molecular weight excluding hydrogens is 386 g/mol. The summed E-state index contributed by atoms with van der Waals surface area (Å²) in [5, 5.41) is 11.4. The zero-order chi connectivity index (χ0) is 16.3. The highest BCUT2D eigenvalue weighted by Crippen LogP contribution is 2.46. The summed E-state index contributed by atoms with van der Waals surface area (Å²) < 4.78 is 5.57. The van der Waals surface area contributed by atoms with Gasteiger partial charge in [0.1, 0.15) is 12.4 Å². The first-order valence-electron chi connectivity index (χ1n) is 6.01. The molecule has 0 aliphatic heterocycles. The minimum absolute atomic E-state index is 0.0677. The van der Waals surface area contributed by atoms with Crippen molar-refractivity contribution in [3.05, 3.63) is 57.0 Å². The molecule has 0 aliphatic carbocycles. The van der Waals surface area contributed by atoms with Crippen molar-refractivity contribution in [2.45, 2.75) is 9.79 Å². The third-order valence-corrected chi connectivity index (χ3v) is 4.59. The van der Waals surface area contributed by atoms with E-state index in [1.165, 1.54) is 17.8 Å². The van der Waals surface area contributed by atoms with Crippen LogP contribution in [0.4, 0.5) is 0 Å². The molecule has 0 unspecified atom stereocenters. The van der Waals surface area contributed by atoms with Crippen LogP contribution in [-0.4, -0.2) is 11.7 Å². The van der Waals surface area contributed by atoms with E-state index < -0.39 is 0 Å². The lowest BCUT2D eigenvalue weighted by atomic mass is 10.3. The molecule has 0 amide bonds. The molecule has 22 heavy (non-hydrogen) atoms. The van der Waals surface area contributed by atoms with Crippen molar-refractivity contribution in [2.24, 2.45) is 0 Å². The van der Waals surface area contributed by atoms with Gasteiger partial charge in [-0.15, -0.1) is 0 Å². The van der Waals surface area contributed by atoms with E-state index in [4.69, 9.17) is 51.1 Å². The average molecular weight is 396 g/mol. The molecule has 0 fully saturated rings. The van der Waals surface area contributed by atoms with Gasteiger partial charge in [-0.1, -0.05) is 70.8 Å². The third kappa shape index (κ3) is 4.18. The van der Waals surface area contributed by atoms with Crippen LogP contribution >= 0.6 is 58.2 Å². The maximum absolute atomic E-state index is 10.1. The molecule has 0 saturated carbocycles. The second-order valence-electron chi connectivity index (χ2n) is 4.15. The van der Waals surface area contributed by atoms with Crippen LogP contribution in [0.15, 0.2) is 46.7 Å². The molecule has 0 atom stereocenters. The highest BCUT2D eigenvalue weighted by molar-refractivity contribution is 7.99. The van der Waals surface area contributed by atoms with Crippen molar-refractivity contribution < 1.29 is 9.84 Å². The van der Waals surface area contributed by atoms with E-state index in [-0.39, 0.29) is 17.4 Å². The van der Waals surface area contributed by atoms with Crippen LogP contribution in [0, 0.1) is 0 Å². The second-order valence-corrected chi connectivity index (χ2v) is 6.92. The molecule has 2 aromatic carbocycles. The maximum atomic E-state index is 10.1. The summed E-state index contributed by atoms with van der Waals surface area (Å²) >= 11 is 25.3. The summed E-state index contributed by atoms with van der Waals surface area (Å²) in [6.07, 6.45) is 1.60. The molecule has 2 rings (SSSR count). The van der Waals surface area contributed by atoms with Gasteiger partial charge in [-0.3, -0.25) is 0 Å². The van der Waals surface area contributed by atoms with Crippen molar-refractivity contribution in [2.75, 3.05) is 6.61 Å². The van der Waals surface area contributed by atoms with E-state index in [1.54, 1.807) is 24.3 Å². The Hall–Kier alpha value is -0.710. The summed E-state index contributed by atoms with van der Waals surface area (Å²) in [5.41, 5.74) is 0. The van der Waals surface area contributed by atoms with Gasteiger partial charge in [-0.2, -0.15) is 0 Å². The molecule has 2 nitrogen and oxygen atoms in total. The van der Waals surface area contributed by atoms with Crippen LogP contribution in [0.1, 0.15) is 0 Å². The Bertz CT molecular complexity index is 719. The van der Waals surface area contributed by atoms with Gasteiger partial charge in [0, 0.05) is 10.0 Å². The molecule has 0 spiro atoms. The average Bonchev–Trinajstić information content (AvgIpc) is 2.43. The predicted molar refractivity (Wildman–Crippen MR) is 94.4 cm³/mol. The van der Waals surface area contributed by atoms with E-state index in [2.05, 4.69) is 6.58 Å². The molecule has 0 aromatic heterocycles. The minimum atomic E-state index is -0.0677. The van der Waals surface area contributed by atoms with E-state index in [9.17, 15) is 5.11 Å². The lowest BCUT2D eigenvalue weighted by Gasteiger charge is -2.13. The van der Waals surface area contributed by atoms with E-state index in [0.29, 0.717) is 30.6 Å². The molecule has 116 valence electrons. The van der Waals surface area contributed by atoms with Crippen LogP contribution in [0.5, 0.6) is 11.5 Å². The van der Waals surface area contributed by atoms with Crippen LogP contribution in [-0.2, 0) is 0 Å². The largest absolute Gasteiger partial charge is 0.505 e. The fraction of sp³-hybridized carbons (Fsp3) is 0.0667. The van der Waals surface area contributed by atoms with Crippen molar-refractivity contribution in [3.63, 3.8) is 0 Å². The molecule has 1 N–H and O–H groups in total.